The highest BCUT2D eigenvalue weighted by atomic mass is 16.7. The van der Waals surface area contributed by atoms with Crippen molar-refractivity contribution in [3.63, 3.8) is 0 Å². The van der Waals surface area contributed by atoms with Crippen LogP contribution in [-0.2, 0) is 23.7 Å². The highest BCUT2D eigenvalue weighted by Gasteiger charge is 2.49. The van der Waals surface area contributed by atoms with Crippen molar-refractivity contribution in [2.24, 2.45) is 0 Å². The Balaban J connectivity index is 2.13. The average Bonchev–Trinajstić information content (AvgIpc) is 2.28. The molecule has 1 N–H and O–H groups in total. The summed E-state index contributed by atoms with van der Waals surface area (Å²) in [5.41, 5.74) is 0. The second-order valence-corrected chi connectivity index (χ2v) is 3.97. The lowest BCUT2D eigenvalue weighted by molar-refractivity contribution is -0.354. The quantitative estimate of drug-likeness (QED) is 0.694. The number of fused-ring (bicyclic) bond motifs is 1. The highest BCUT2D eigenvalue weighted by Crippen LogP contribution is 2.30. The molecule has 0 aromatic rings. The van der Waals surface area contributed by atoms with Gasteiger partial charge < -0.3 is 28.8 Å². The van der Waals surface area contributed by atoms with E-state index in [9.17, 15) is 5.11 Å². The van der Waals surface area contributed by atoms with E-state index < -0.39 is 12.4 Å². The molecule has 16 heavy (non-hydrogen) atoms. The van der Waals surface area contributed by atoms with E-state index in [-0.39, 0.29) is 24.6 Å². The zero-order valence-corrected chi connectivity index (χ0v) is 9.66. The molecule has 0 bridgehead atoms. The van der Waals surface area contributed by atoms with Crippen LogP contribution in [0.1, 0.15) is 6.92 Å². The summed E-state index contributed by atoms with van der Waals surface area (Å²) in [5, 5.41) is 9.74. The lowest BCUT2D eigenvalue weighted by Gasteiger charge is -2.46. The third-order valence-corrected chi connectivity index (χ3v) is 3.00. The van der Waals surface area contributed by atoms with Gasteiger partial charge in [0.2, 0.25) is 0 Å². The lowest BCUT2D eigenvalue weighted by Crippen LogP contribution is -2.63. The molecule has 2 heterocycles. The number of aliphatic hydroxyl groups excluding tert-OH is 1. The summed E-state index contributed by atoms with van der Waals surface area (Å²) in [6, 6.07) is 0. The van der Waals surface area contributed by atoms with Crippen LogP contribution in [0.4, 0.5) is 0 Å². The second-order valence-electron chi connectivity index (χ2n) is 3.97. The average molecular weight is 234 g/mol. The van der Waals surface area contributed by atoms with Gasteiger partial charge in [0, 0.05) is 14.2 Å². The van der Waals surface area contributed by atoms with Crippen LogP contribution in [0.5, 0.6) is 0 Å². The van der Waals surface area contributed by atoms with Gasteiger partial charge in [0.1, 0.15) is 24.4 Å². The van der Waals surface area contributed by atoms with Crippen LogP contribution < -0.4 is 0 Å². The van der Waals surface area contributed by atoms with Crippen molar-refractivity contribution in [3.05, 3.63) is 0 Å². The van der Waals surface area contributed by atoms with Crippen LogP contribution >= 0.6 is 0 Å². The Hall–Kier alpha value is -0.240. The van der Waals surface area contributed by atoms with Crippen LogP contribution in [-0.4, -0.2) is 62.9 Å². The minimum Gasteiger partial charge on any atom is -0.376 e. The zero-order chi connectivity index (χ0) is 11.7. The minimum atomic E-state index is -1.02. The van der Waals surface area contributed by atoms with Gasteiger partial charge in [0.25, 0.3) is 0 Å². The van der Waals surface area contributed by atoms with Gasteiger partial charge in [-0.25, -0.2) is 0 Å². The summed E-state index contributed by atoms with van der Waals surface area (Å²) in [6.07, 6.45) is -2.81. The molecule has 6 atom stereocenters. The SMILES string of the molecule is CO[C@@H]1[C@@H]2OC(C)OC[C@H]2OC(O)[C@H]1OC. The first-order valence-electron chi connectivity index (χ1n) is 5.33. The molecule has 0 spiro atoms. The van der Waals surface area contributed by atoms with E-state index in [2.05, 4.69) is 0 Å². The van der Waals surface area contributed by atoms with Crippen molar-refractivity contribution in [2.75, 3.05) is 20.8 Å². The maximum Gasteiger partial charge on any atom is 0.184 e. The molecule has 94 valence electrons. The summed E-state index contributed by atoms with van der Waals surface area (Å²) in [6.45, 7) is 2.20. The predicted molar refractivity (Wildman–Crippen MR) is 52.8 cm³/mol. The molecular weight excluding hydrogens is 216 g/mol. The third-order valence-electron chi connectivity index (χ3n) is 3.00. The molecule has 0 radical (unpaired) electrons. The molecule has 2 aliphatic rings. The van der Waals surface area contributed by atoms with Crippen molar-refractivity contribution < 1.29 is 28.8 Å². The maximum absolute atomic E-state index is 9.74. The molecule has 2 unspecified atom stereocenters. The van der Waals surface area contributed by atoms with Crippen LogP contribution in [0.3, 0.4) is 0 Å². The maximum atomic E-state index is 9.74. The van der Waals surface area contributed by atoms with E-state index >= 15 is 0 Å². The molecule has 0 amide bonds. The highest BCUT2D eigenvalue weighted by molar-refractivity contribution is 4.93. The topological polar surface area (TPSA) is 66.4 Å². The van der Waals surface area contributed by atoms with Gasteiger partial charge in [-0.2, -0.15) is 0 Å². The van der Waals surface area contributed by atoms with Crippen molar-refractivity contribution in [1.82, 2.24) is 0 Å². The van der Waals surface area contributed by atoms with Crippen molar-refractivity contribution in [3.8, 4) is 0 Å². The first-order chi connectivity index (χ1) is 7.67. The molecule has 6 nitrogen and oxygen atoms in total. The first-order valence-corrected chi connectivity index (χ1v) is 5.33. The Morgan fingerprint density at radius 3 is 2.44 bits per heavy atom. The Labute approximate surface area is 94.4 Å². The van der Waals surface area contributed by atoms with E-state index in [0.717, 1.165) is 0 Å². The van der Waals surface area contributed by atoms with Gasteiger partial charge in [-0.15, -0.1) is 0 Å². The van der Waals surface area contributed by atoms with Crippen molar-refractivity contribution in [1.29, 1.82) is 0 Å². The minimum absolute atomic E-state index is 0.276. The van der Waals surface area contributed by atoms with E-state index in [4.69, 9.17) is 23.7 Å². The molecule has 0 aliphatic carbocycles. The molecular formula is C10H18O6. The summed E-state index contributed by atoms with van der Waals surface area (Å²) >= 11 is 0. The van der Waals surface area contributed by atoms with Crippen molar-refractivity contribution >= 4 is 0 Å². The van der Waals surface area contributed by atoms with Gasteiger partial charge >= 0.3 is 0 Å². The van der Waals surface area contributed by atoms with Gasteiger partial charge in [-0.3, -0.25) is 0 Å². The predicted octanol–water partition coefficient (Wildman–Crippen LogP) is -0.505. The van der Waals surface area contributed by atoms with Gasteiger partial charge in [-0.05, 0) is 6.92 Å². The zero-order valence-electron chi connectivity index (χ0n) is 9.66. The Bertz CT molecular complexity index is 235. The second kappa shape index (κ2) is 4.95. The number of hydrogen-bond acceptors (Lipinski definition) is 6. The lowest BCUT2D eigenvalue weighted by atomic mass is 9.98. The monoisotopic (exact) mass is 234 g/mol. The largest absolute Gasteiger partial charge is 0.376 e. The van der Waals surface area contributed by atoms with Crippen LogP contribution in [0.15, 0.2) is 0 Å². The van der Waals surface area contributed by atoms with E-state index in [1.807, 2.05) is 6.92 Å². The Morgan fingerprint density at radius 2 is 1.81 bits per heavy atom. The molecule has 6 heteroatoms. The van der Waals surface area contributed by atoms with E-state index in [0.29, 0.717) is 6.61 Å². The van der Waals surface area contributed by atoms with Crippen molar-refractivity contribution in [2.45, 2.75) is 43.9 Å². The molecule has 2 rings (SSSR count). The molecule has 2 saturated heterocycles. The molecule has 2 aliphatic heterocycles. The standard InChI is InChI=1S/C10H18O6/c1-5-14-4-6-7(15-5)8(12-2)9(13-3)10(11)16-6/h5-11H,4H2,1-3H3/t5?,6-,7-,8-,9+,10?/m1/s1. The summed E-state index contributed by atoms with van der Waals surface area (Å²) in [5.74, 6) is 0. The smallest absolute Gasteiger partial charge is 0.184 e. The Morgan fingerprint density at radius 1 is 1.12 bits per heavy atom. The number of ether oxygens (including phenoxy) is 5. The first kappa shape index (κ1) is 12.2. The fraction of sp³-hybridized carbons (Fsp3) is 1.00. The van der Waals surface area contributed by atoms with E-state index in [1.54, 1.807) is 7.11 Å². The van der Waals surface area contributed by atoms with Gasteiger partial charge in [-0.1, -0.05) is 0 Å². The number of hydrogen-bond donors (Lipinski definition) is 1. The summed E-state index contributed by atoms with van der Waals surface area (Å²) in [4.78, 5) is 0. The fourth-order valence-corrected chi connectivity index (χ4v) is 2.20. The number of aliphatic hydroxyl groups is 1. The molecule has 0 aromatic heterocycles. The Kier molecular flexibility index (Phi) is 3.78. The van der Waals surface area contributed by atoms with Crippen LogP contribution in [0, 0.1) is 0 Å². The third kappa shape index (κ3) is 2.09. The van der Waals surface area contributed by atoms with E-state index in [1.165, 1.54) is 7.11 Å². The van der Waals surface area contributed by atoms with Crippen LogP contribution in [0.25, 0.3) is 0 Å². The molecule has 0 saturated carbocycles. The fourth-order valence-electron chi connectivity index (χ4n) is 2.20. The molecule has 0 aromatic carbocycles. The summed E-state index contributed by atoms with van der Waals surface area (Å²) in [7, 11) is 3.07. The number of rotatable bonds is 2. The number of methoxy groups -OCH3 is 2. The van der Waals surface area contributed by atoms with Gasteiger partial charge in [0.05, 0.1) is 6.61 Å². The van der Waals surface area contributed by atoms with Crippen LogP contribution in [0.2, 0.25) is 0 Å². The molecule has 2 fully saturated rings. The normalized spacial score (nSPS) is 48.8. The summed E-state index contributed by atoms with van der Waals surface area (Å²) < 4.78 is 26.8. The van der Waals surface area contributed by atoms with Gasteiger partial charge in [0.15, 0.2) is 12.6 Å².